The quantitative estimate of drug-likeness (QED) is 0.631. The van der Waals surface area contributed by atoms with Gasteiger partial charge >= 0.3 is 0 Å². The number of nitrogens with one attached hydrogen (secondary N) is 1. The van der Waals surface area contributed by atoms with E-state index in [4.69, 9.17) is 34.8 Å². The second kappa shape index (κ2) is 6.65. The van der Waals surface area contributed by atoms with Crippen molar-refractivity contribution in [3.05, 3.63) is 68.8 Å². The molecule has 3 rings (SSSR count). The molecule has 7 heteroatoms. The Balaban J connectivity index is 1.75. The Morgan fingerprint density at radius 1 is 1.17 bits per heavy atom. The van der Waals surface area contributed by atoms with Gasteiger partial charge in [0.05, 0.1) is 15.7 Å². The van der Waals surface area contributed by atoms with E-state index in [1.165, 1.54) is 12.1 Å². The van der Waals surface area contributed by atoms with E-state index in [0.29, 0.717) is 22.2 Å². The lowest BCUT2D eigenvalue weighted by molar-refractivity contribution is 0.561. The topological polar surface area (TPSA) is 29.3 Å². The molecule has 0 spiro atoms. The third-order valence-corrected chi connectivity index (χ3v) is 4.40. The van der Waals surface area contributed by atoms with Crippen molar-refractivity contribution in [2.45, 2.75) is 19.5 Å². The molecule has 1 atom stereocenters. The summed E-state index contributed by atoms with van der Waals surface area (Å²) in [6.45, 7) is 2.42. The maximum absolute atomic E-state index is 13.6. The molecule has 1 unspecified atom stereocenters. The van der Waals surface area contributed by atoms with Crippen LogP contribution in [0.1, 0.15) is 24.2 Å². The largest absolute Gasteiger partial charge is 0.305 e. The molecule has 0 aliphatic carbocycles. The molecule has 1 N–H and O–H groups in total. The summed E-state index contributed by atoms with van der Waals surface area (Å²) in [4.78, 5) is 4.49. The Hall–Kier alpha value is -1.33. The molecule has 2 heterocycles. The number of imidazole rings is 1. The van der Waals surface area contributed by atoms with Crippen LogP contribution < -0.4 is 5.32 Å². The number of aromatic nitrogens is 2. The molecular weight excluding hydrogens is 360 g/mol. The first-order valence-corrected chi connectivity index (χ1v) is 8.08. The van der Waals surface area contributed by atoms with Crippen LogP contribution >= 0.6 is 34.8 Å². The van der Waals surface area contributed by atoms with Crippen LogP contribution in [0.25, 0.3) is 5.65 Å². The van der Waals surface area contributed by atoms with Crippen molar-refractivity contribution in [2.24, 2.45) is 0 Å². The molecule has 0 saturated carbocycles. The highest BCUT2D eigenvalue weighted by Crippen LogP contribution is 2.28. The highest BCUT2D eigenvalue weighted by molar-refractivity contribution is 6.35. The highest BCUT2D eigenvalue weighted by atomic mass is 35.5. The van der Waals surface area contributed by atoms with Gasteiger partial charge in [0.25, 0.3) is 0 Å². The SMILES string of the molecule is CC(NCc1cn2cc(Cl)ccc2n1)c1cc(F)c(Cl)cc1Cl. The number of pyridine rings is 1. The van der Waals surface area contributed by atoms with Crippen LogP contribution in [0.4, 0.5) is 4.39 Å². The van der Waals surface area contributed by atoms with E-state index in [1.807, 2.05) is 23.6 Å². The summed E-state index contributed by atoms with van der Waals surface area (Å²) in [5, 5.41) is 4.37. The Kier molecular flexibility index (Phi) is 4.78. The van der Waals surface area contributed by atoms with Gasteiger partial charge in [-0.25, -0.2) is 9.37 Å². The fourth-order valence-electron chi connectivity index (χ4n) is 2.34. The molecule has 0 saturated heterocycles. The van der Waals surface area contributed by atoms with E-state index in [9.17, 15) is 4.39 Å². The minimum Gasteiger partial charge on any atom is -0.305 e. The van der Waals surface area contributed by atoms with Crippen molar-refractivity contribution >= 4 is 40.4 Å². The van der Waals surface area contributed by atoms with Gasteiger partial charge in [0, 0.05) is 30.0 Å². The second-order valence-corrected chi connectivity index (χ2v) is 6.49. The van der Waals surface area contributed by atoms with E-state index in [-0.39, 0.29) is 11.1 Å². The van der Waals surface area contributed by atoms with Crippen LogP contribution in [0, 0.1) is 5.82 Å². The smallest absolute Gasteiger partial charge is 0.142 e. The van der Waals surface area contributed by atoms with Gasteiger partial charge in [-0.05, 0) is 36.8 Å². The number of fused-ring (bicyclic) bond motifs is 1. The fourth-order valence-corrected chi connectivity index (χ4v) is 3.05. The third kappa shape index (κ3) is 3.61. The van der Waals surface area contributed by atoms with E-state index in [2.05, 4.69) is 10.3 Å². The average molecular weight is 373 g/mol. The number of rotatable bonds is 4. The summed E-state index contributed by atoms with van der Waals surface area (Å²) in [5.74, 6) is -0.484. The van der Waals surface area contributed by atoms with Gasteiger partial charge < -0.3 is 9.72 Å². The number of nitrogens with zero attached hydrogens (tertiary/aromatic N) is 2. The van der Waals surface area contributed by atoms with Crippen LogP contribution in [0.3, 0.4) is 0 Å². The van der Waals surface area contributed by atoms with Gasteiger partial charge in [0.1, 0.15) is 11.5 Å². The minimum absolute atomic E-state index is 0.0168. The third-order valence-electron chi connectivity index (χ3n) is 3.56. The zero-order valence-electron chi connectivity index (χ0n) is 12.2. The molecule has 0 fully saturated rings. The standard InChI is InChI=1S/C16H13Cl3FN3/c1-9(12-4-15(20)14(19)5-13(12)18)21-6-11-8-23-7-10(17)2-3-16(23)22-11/h2-5,7-9,21H,6H2,1H3. The van der Waals surface area contributed by atoms with E-state index in [0.717, 1.165) is 11.3 Å². The molecule has 3 nitrogen and oxygen atoms in total. The lowest BCUT2D eigenvalue weighted by Crippen LogP contribution is -2.18. The second-order valence-electron chi connectivity index (χ2n) is 5.24. The highest BCUT2D eigenvalue weighted by Gasteiger charge is 2.13. The zero-order valence-corrected chi connectivity index (χ0v) is 14.4. The maximum Gasteiger partial charge on any atom is 0.142 e. The summed E-state index contributed by atoms with van der Waals surface area (Å²) in [5.41, 5.74) is 2.32. The van der Waals surface area contributed by atoms with Crippen LogP contribution in [-0.2, 0) is 6.54 Å². The first-order chi connectivity index (χ1) is 10.9. The molecule has 0 bridgehead atoms. The lowest BCUT2D eigenvalue weighted by atomic mass is 10.1. The first-order valence-electron chi connectivity index (χ1n) is 6.95. The Morgan fingerprint density at radius 3 is 2.74 bits per heavy atom. The Labute approximate surface area is 148 Å². The van der Waals surface area contributed by atoms with Crippen molar-refractivity contribution in [3.63, 3.8) is 0 Å². The number of hydrogen-bond donors (Lipinski definition) is 1. The average Bonchev–Trinajstić information content (AvgIpc) is 2.90. The van der Waals surface area contributed by atoms with E-state index < -0.39 is 5.82 Å². The lowest BCUT2D eigenvalue weighted by Gasteiger charge is -2.15. The predicted octanol–water partition coefficient (Wildman–Crippen LogP) is 5.28. The van der Waals surface area contributed by atoms with Gasteiger partial charge in [-0.2, -0.15) is 0 Å². The number of hydrogen-bond acceptors (Lipinski definition) is 2. The maximum atomic E-state index is 13.6. The summed E-state index contributed by atoms with van der Waals surface area (Å²) >= 11 is 17.8. The zero-order chi connectivity index (χ0) is 16.6. The summed E-state index contributed by atoms with van der Waals surface area (Å²) in [6.07, 6.45) is 3.69. The van der Waals surface area contributed by atoms with Gasteiger partial charge in [-0.3, -0.25) is 0 Å². The molecule has 0 radical (unpaired) electrons. The molecule has 0 aliphatic heterocycles. The van der Waals surface area contributed by atoms with Gasteiger partial charge in [-0.15, -0.1) is 0 Å². The van der Waals surface area contributed by atoms with E-state index in [1.54, 1.807) is 12.3 Å². The van der Waals surface area contributed by atoms with Gasteiger partial charge in [0.15, 0.2) is 0 Å². The summed E-state index contributed by atoms with van der Waals surface area (Å²) < 4.78 is 15.5. The van der Waals surface area contributed by atoms with Crippen LogP contribution in [0.15, 0.2) is 36.7 Å². The molecule has 2 aromatic heterocycles. The molecule has 3 aromatic rings. The fraction of sp³-hybridized carbons (Fsp3) is 0.188. The van der Waals surface area contributed by atoms with Crippen LogP contribution in [0.2, 0.25) is 15.1 Å². The number of halogens is 4. The molecule has 0 aliphatic rings. The Bertz CT molecular complexity index is 863. The summed E-state index contributed by atoms with van der Waals surface area (Å²) in [7, 11) is 0. The van der Waals surface area contributed by atoms with Gasteiger partial charge in [-0.1, -0.05) is 34.8 Å². The summed E-state index contributed by atoms with van der Waals surface area (Å²) in [6, 6.07) is 6.26. The molecule has 0 amide bonds. The normalized spacial score (nSPS) is 12.7. The van der Waals surface area contributed by atoms with Crippen molar-refractivity contribution < 1.29 is 4.39 Å². The first kappa shape index (κ1) is 16.5. The van der Waals surface area contributed by atoms with Crippen molar-refractivity contribution in [1.29, 1.82) is 0 Å². The predicted molar refractivity (Wildman–Crippen MR) is 91.9 cm³/mol. The van der Waals surface area contributed by atoms with Crippen LogP contribution in [-0.4, -0.2) is 9.38 Å². The van der Waals surface area contributed by atoms with Gasteiger partial charge in [0.2, 0.25) is 0 Å². The Morgan fingerprint density at radius 2 is 1.96 bits per heavy atom. The molecule has 1 aromatic carbocycles. The number of benzene rings is 1. The molecule has 23 heavy (non-hydrogen) atoms. The monoisotopic (exact) mass is 371 g/mol. The van der Waals surface area contributed by atoms with E-state index >= 15 is 0 Å². The van der Waals surface area contributed by atoms with Crippen molar-refractivity contribution in [3.8, 4) is 0 Å². The van der Waals surface area contributed by atoms with Crippen molar-refractivity contribution in [1.82, 2.24) is 14.7 Å². The molecular formula is C16H13Cl3FN3. The minimum atomic E-state index is -0.484. The van der Waals surface area contributed by atoms with Crippen molar-refractivity contribution in [2.75, 3.05) is 0 Å². The molecule has 120 valence electrons. The van der Waals surface area contributed by atoms with Crippen LogP contribution in [0.5, 0.6) is 0 Å².